The first kappa shape index (κ1) is 15.6. The quantitative estimate of drug-likeness (QED) is 0.791. The van der Waals surface area contributed by atoms with E-state index in [0.29, 0.717) is 32.4 Å². The maximum Gasteiger partial charge on any atom is 0.317 e. The summed E-state index contributed by atoms with van der Waals surface area (Å²) in [5, 5.41) is 11.7. The third-order valence-electron chi connectivity index (χ3n) is 4.13. The molecule has 2 fully saturated rings. The molecule has 118 valence electrons. The first-order valence-electron chi connectivity index (χ1n) is 7.61. The van der Waals surface area contributed by atoms with Crippen LogP contribution in [0.15, 0.2) is 0 Å². The molecule has 2 aliphatic heterocycles. The van der Waals surface area contributed by atoms with E-state index in [1.165, 1.54) is 4.90 Å². The molecule has 2 heterocycles. The summed E-state index contributed by atoms with van der Waals surface area (Å²) in [5.74, 6) is -1.25. The first-order chi connectivity index (χ1) is 10.1. The zero-order valence-corrected chi connectivity index (χ0v) is 12.2. The molecule has 0 spiro atoms. The summed E-state index contributed by atoms with van der Waals surface area (Å²) in [6.07, 6.45) is 3.75. The number of nitrogens with one attached hydrogen (secondary N) is 1. The second-order valence-corrected chi connectivity index (χ2v) is 5.69. The van der Waals surface area contributed by atoms with Gasteiger partial charge in [-0.2, -0.15) is 0 Å². The molecule has 7 heteroatoms. The van der Waals surface area contributed by atoms with Crippen LogP contribution in [0.3, 0.4) is 0 Å². The van der Waals surface area contributed by atoms with Crippen molar-refractivity contribution in [3.05, 3.63) is 0 Å². The zero-order valence-electron chi connectivity index (χ0n) is 12.2. The Hall–Kier alpha value is -1.79. The number of carbonyl (C=O) groups excluding carboxylic acids is 2. The second kappa shape index (κ2) is 7.28. The van der Waals surface area contributed by atoms with Crippen LogP contribution in [0.1, 0.15) is 32.1 Å². The maximum atomic E-state index is 12.0. The predicted octanol–water partition coefficient (Wildman–Crippen LogP) is 0.505. The van der Waals surface area contributed by atoms with E-state index in [9.17, 15) is 14.4 Å². The minimum atomic E-state index is -0.850. The van der Waals surface area contributed by atoms with Crippen LogP contribution in [0, 0.1) is 5.92 Å². The molecule has 2 saturated heterocycles. The molecular formula is C14H23N3O4. The summed E-state index contributed by atoms with van der Waals surface area (Å²) >= 11 is 0. The van der Waals surface area contributed by atoms with Gasteiger partial charge in [0, 0.05) is 39.1 Å². The number of aliphatic carboxylic acids is 1. The predicted molar refractivity (Wildman–Crippen MR) is 75.8 cm³/mol. The lowest BCUT2D eigenvalue weighted by Gasteiger charge is -2.30. The van der Waals surface area contributed by atoms with Crippen molar-refractivity contribution >= 4 is 17.9 Å². The summed E-state index contributed by atoms with van der Waals surface area (Å²) in [6, 6.07) is -0.268. The average molecular weight is 297 g/mol. The molecule has 2 aliphatic rings. The van der Waals surface area contributed by atoms with Crippen LogP contribution in [0.4, 0.5) is 4.79 Å². The topological polar surface area (TPSA) is 90.0 Å². The Morgan fingerprint density at radius 2 is 1.71 bits per heavy atom. The molecule has 0 aromatic rings. The van der Waals surface area contributed by atoms with Crippen molar-refractivity contribution in [1.82, 2.24) is 15.1 Å². The highest BCUT2D eigenvalue weighted by Gasteiger charge is 2.28. The van der Waals surface area contributed by atoms with E-state index < -0.39 is 11.9 Å². The SMILES string of the molecule is O=C(O)[C@H]1CCCN(C(=O)NCCC(=O)N2CCCC2)C1. The summed E-state index contributed by atoms with van der Waals surface area (Å²) < 4.78 is 0. The van der Waals surface area contributed by atoms with Crippen molar-refractivity contribution in [1.29, 1.82) is 0 Å². The summed E-state index contributed by atoms with van der Waals surface area (Å²) in [4.78, 5) is 38.1. The smallest absolute Gasteiger partial charge is 0.317 e. The number of carbonyl (C=O) groups is 3. The number of hydrogen-bond acceptors (Lipinski definition) is 3. The second-order valence-electron chi connectivity index (χ2n) is 5.69. The fourth-order valence-electron chi connectivity index (χ4n) is 2.88. The van der Waals surface area contributed by atoms with Gasteiger partial charge in [0.1, 0.15) is 0 Å². The van der Waals surface area contributed by atoms with E-state index in [2.05, 4.69) is 5.32 Å². The van der Waals surface area contributed by atoms with E-state index in [0.717, 1.165) is 25.9 Å². The molecule has 2 rings (SSSR count). The van der Waals surface area contributed by atoms with Crippen molar-refractivity contribution in [2.45, 2.75) is 32.1 Å². The fraction of sp³-hybridized carbons (Fsp3) is 0.786. The van der Waals surface area contributed by atoms with Crippen LogP contribution in [-0.4, -0.2) is 65.5 Å². The third kappa shape index (κ3) is 4.34. The van der Waals surface area contributed by atoms with Crippen molar-refractivity contribution in [2.24, 2.45) is 5.92 Å². The van der Waals surface area contributed by atoms with Gasteiger partial charge in [0.2, 0.25) is 5.91 Å². The van der Waals surface area contributed by atoms with Gasteiger partial charge in [-0.3, -0.25) is 9.59 Å². The first-order valence-corrected chi connectivity index (χ1v) is 7.61. The number of piperidine rings is 1. The Balaban J connectivity index is 1.69. The maximum absolute atomic E-state index is 12.0. The van der Waals surface area contributed by atoms with Crippen molar-refractivity contribution in [3.8, 4) is 0 Å². The number of carboxylic acids is 1. The van der Waals surface area contributed by atoms with Gasteiger partial charge < -0.3 is 20.2 Å². The number of rotatable bonds is 4. The highest BCUT2D eigenvalue weighted by Crippen LogP contribution is 2.16. The van der Waals surface area contributed by atoms with Gasteiger partial charge in [0.15, 0.2) is 0 Å². The minimum absolute atomic E-state index is 0.0786. The van der Waals surface area contributed by atoms with Crippen molar-refractivity contribution in [2.75, 3.05) is 32.7 Å². The lowest BCUT2D eigenvalue weighted by Crippen LogP contribution is -2.47. The Morgan fingerprint density at radius 3 is 2.38 bits per heavy atom. The van der Waals surface area contributed by atoms with Gasteiger partial charge in [-0.1, -0.05) is 0 Å². The van der Waals surface area contributed by atoms with E-state index in [1.807, 2.05) is 4.90 Å². The third-order valence-corrected chi connectivity index (χ3v) is 4.13. The normalized spacial score (nSPS) is 22.2. The van der Waals surface area contributed by atoms with Crippen LogP contribution < -0.4 is 5.32 Å². The average Bonchev–Trinajstić information content (AvgIpc) is 3.01. The van der Waals surface area contributed by atoms with Crippen LogP contribution in [0.2, 0.25) is 0 Å². The molecular weight excluding hydrogens is 274 g/mol. The summed E-state index contributed by atoms with van der Waals surface area (Å²) in [7, 11) is 0. The monoisotopic (exact) mass is 297 g/mol. The van der Waals surface area contributed by atoms with E-state index in [1.54, 1.807) is 0 Å². The van der Waals surface area contributed by atoms with Gasteiger partial charge in [0.25, 0.3) is 0 Å². The molecule has 0 aromatic heterocycles. The Labute approximate surface area is 124 Å². The molecule has 7 nitrogen and oxygen atoms in total. The Morgan fingerprint density at radius 1 is 1.05 bits per heavy atom. The highest BCUT2D eigenvalue weighted by atomic mass is 16.4. The number of likely N-dealkylation sites (tertiary alicyclic amines) is 2. The largest absolute Gasteiger partial charge is 0.481 e. The Kier molecular flexibility index (Phi) is 5.41. The van der Waals surface area contributed by atoms with Gasteiger partial charge >= 0.3 is 12.0 Å². The lowest BCUT2D eigenvalue weighted by molar-refractivity contribution is -0.143. The fourth-order valence-corrected chi connectivity index (χ4v) is 2.88. The summed E-state index contributed by atoms with van der Waals surface area (Å²) in [6.45, 7) is 2.78. The number of carboxylic acid groups (broad SMARTS) is 1. The van der Waals surface area contributed by atoms with Gasteiger partial charge in [-0.15, -0.1) is 0 Å². The molecule has 0 aromatic carbocycles. The number of amides is 3. The number of urea groups is 1. The van der Waals surface area contributed by atoms with Crippen molar-refractivity contribution in [3.63, 3.8) is 0 Å². The molecule has 21 heavy (non-hydrogen) atoms. The van der Waals surface area contributed by atoms with Gasteiger partial charge in [-0.25, -0.2) is 4.79 Å². The molecule has 0 saturated carbocycles. The highest BCUT2D eigenvalue weighted by molar-refractivity contribution is 5.79. The number of nitrogens with zero attached hydrogens (tertiary/aromatic N) is 2. The molecule has 0 aliphatic carbocycles. The molecule has 0 unspecified atom stereocenters. The summed E-state index contributed by atoms with van der Waals surface area (Å²) in [5.41, 5.74) is 0. The Bertz CT molecular complexity index is 407. The molecule has 2 N–H and O–H groups in total. The van der Waals surface area contributed by atoms with Crippen LogP contribution >= 0.6 is 0 Å². The van der Waals surface area contributed by atoms with Crippen LogP contribution in [0.5, 0.6) is 0 Å². The van der Waals surface area contributed by atoms with Gasteiger partial charge in [-0.05, 0) is 25.7 Å². The van der Waals surface area contributed by atoms with Crippen LogP contribution in [-0.2, 0) is 9.59 Å². The zero-order chi connectivity index (χ0) is 15.2. The minimum Gasteiger partial charge on any atom is -0.481 e. The number of hydrogen-bond donors (Lipinski definition) is 2. The lowest BCUT2D eigenvalue weighted by atomic mass is 9.99. The molecule has 0 bridgehead atoms. The molecule has 3 amide bonds. The van der Waals surface area contributed by atoms with Crippen molar-refractivity contribution < 1.29 is 19.5 Å². The van der Waals surface area contributed by atoms with E-state index in [4.69, 9.17) is 5.11 Å². The van der Waals surface area contributed by atoms with Gasteiger partial charge in [0.05, 0.1) is 5.92 Å². The molecule has 0 radical (unpaired) electrons. The standard InChI is InChI=1S/C14H23N3O4/c18-12(16-7-1-2-8-16)5-6-15-14(21)17-9-3-4-11(10-17)13(19)20/h11H,1-10H2,(H,15,21)(H,19,20)/t11-/m0/s1. The van der Waals surface area contributed by atoms with E-state index >= 15 is 0 Å². The van der Waals surface area contributed by atoms with Crippen LogP contribution in [0.25, 0.3) is 0 Å². The molecule has 1 atom stereocenters. The van der Waals surface area contributed by atoms with E-state index in [-0.39, 0.29) is 18.5 Å².